The van der Waals surface area contributed by atoms with Crippen LogP contribution >= 0.6 is 0 Å². The predicted molar refractivity (Wildman–Crippen MR) is 72.5 cm³/mol. The third kappa shape index (κ3) is 3.39. The number of carbonyl (C=O) groups excluding carboxylic acids is 1. The molecule has 0 spiro atoms. The van der Waals surface area contributed by atoms with Crippen molar-refractivity contribution in [2.45, 2.75) is 30.6 Å². The highest BCUT2D eigenvalue weighted by molar-refractivity contribution is 5.94. The fraction of sp³-hybridized carbons (Fsp3) is 0.500. The van der Waals surface area contributed by atoms with Crippen molar-refractivity contribution in [2.24, 2.45) is 0 Å². The maximum atomic E-state index is 12.1. The number of aliphatic hydroxyl groups is 3. The van der Waals surface area contributed by atoms with Gasteiger partial charge in [0, 0.05) is 12.7 Å². The summed E-state index contributed by atoms with van der Waals surface area (Å²) in [4.78, 5) is 12.1. The van der Waals surface area contributed by atoms with E-state index in [2.05, 4.69) is 5.32 Å². The minimum atomic E-state index is -1.32. The molecule has 5 atom stereocenters. The first kappa shape index (κ1) is 15.9. The number of benzene rings is 1. The number of carbonyl (C=O) groups is 1. The predicted octanol–water partition coefficient (Wildman–Crippen LogP) is -1.13. The highest BCUT2D eigenvalue weighted by Gasteiger charge is 2.45. The maximum absolute atomic E-state index is 12.1. The van der Waals surface area contributed by atoms with Gasteiger partial charge in [-0.1, -0.05) is 18.2 Å². The number of amides is 1. The average Bonchev–Trinajstić information content (AvgIpc) is 2.53. The Balaban J connectivity index is 2.11. The lowest BCUT2D eigenvalue weighted by Gasteiger charge is -2.41. The minimum absolute atomic E-state index is 0.415. The molecule has 1 aromatic carbocycles. The number of nitrogens with one attached hydrogen (secondary N) is 1. The van der Waals surface area contributed by atoms with E-state index >= 15 is 0 Å². The number of hydrogen-bond donors (Lipinski definition) is 4. The molecule has 1 aliphatic heterocycles. The Morgan fingerprint density at radius 1 is 1.29 bits per heavy atom. The average molecular weight is 297 g/mol. The highest BCUT2D eigenvalue weighted by atomic mass is 16.7. The molecular weight excluding hydrogens is 278 g/mol. The van der Waals surface area contributed by atoms with Crippen LogP contribution in [0.25, 0.3) is 0 Å². The molecule has 7 nitrogen and oxygen atoms in total. The minimum Gasteiger partial charge on any atom is -0.394 e. The van der Waals surface area contributed by atoms with Crippen molar-refractivity contribution in [2.75, 3.05) is 13.7 Å². The van der Waals surface area contributed by atoms with Gasteiger partial charge in [0.25, 0.3) is 5.91 Å². The van der Waals surface area contributed by atoms with Crippen molar-refractivity contribution in [1.82, 2.24) is 5.32 Å². The monoisotopic (exact) mass is 297 g/mol. The summed E-state index contributed by atoms with van der Waals surface area (Å²) in [5.74, 6) is -0.417. The van der Waals surface area contributed by atoms with Crippen LogP contribution in [0.1, 0.15) is 10.4 Å². The van der Waals surface area contributed by atoms with Crippen LogP contribution in [-0.4, -0.2) is 65.6 Å². The van der Waals surface area contributed by atoms with Crippen LogP contribution in [0, 0.1) is 0 Å². The van der Waals surface area contributed by atoms with Gasteiger partial charge in [0.1, 0.15) is 24.4 Å². The van der Waals surface area contributed by atoms with Crippen molar-refractivity contribution in [3.05, 3.63) is 35.9 Å². The van der Waals surface area contributed by atoms with Gasteiger partial charge < -0.3 is 30.1 Å². The summed E-state index contributed by atoms with van der Waals surface area (Å²) < 4.78 is 10.4. The second-order valence-corrected chi connectivity index (χ2v) is 4.81. The molecule has 1 aliphatic rings. The molecule has 0 aromatic heterocycles. The molecule has 21 heavy (non-hydrogen) atoms. The summed E-state index contributed by atoms with van der Waals surface area (Å²) in [5, 5.41) is 31.6. The van der Waals surface area contributed by atoms with Gasteiger partial charge in [-0.3, -0.25) is 4.79 Å². The molecule has 0 aliphatic carbocycles. The molecular formula is C14H19NO6. The second kappa shape index (κ2) is 6.97. The van der Waals surface area contributed by atoms with E-state index in [0.717, 1.165) is 0 Å². The third-order valence-corrected chi connectivity index (χ3v) is 3.45. The van der Waals surface area contributed by atoms with Gasteiger partial charge in [-0.15, -0.1) is 0 Å². The summed E-state index contributed by atoms with van der Waals surface area (Å²) in [6.07, 6.45) is -4.56. The van der Waals surface area contributed by atoms with Crippen LogP contribution in [0.4, 0.5) is 0 Å². The van der Waals surface area contributed by atoms with Gasteiger partial charge in [0.15, 0.2) is 6.29 Å². The lowest BCUT2D eigenvalue weighted by atomic mass is 9.96. The van der Waals surface area contributed by atoms with Gasteiger partial charge in [-0.2, -0.15) is 0 Å². The van der Waals surface area contributed by atoms with Crippen LogP contribution < -0.4 is 5.32 Å². The first-order valence-corrected chi connectivity index (χ1v) is 6.59. The highest BCUT2D eigenvalue weighted by Crippen LogP contribution is 2.22. The van der Waals surface area contributed by atoms with Gasteiger partial charge in [-0.25, -0.2) is 0 Å². The summed E-state index contributed by atoms with van der Waals surface area (Å²) >= 11 is 0. The van der Waals surface area contributed by atoms with E-state index < -0.39 is 43.2 Å². The zero-order chi connectivity index (χ0) is 15.4. The molecule has 1 amide bonds. The summed E-state index contributed by atoms with van der Waals surface area (Å²) in [7, 11) is 1.35. The van der Waals surface area contributed by atoms with E-state index in [0.29, 0.717) is 5.56 Å². The van der Waals surface area contributed by atoms with Crippen molar-refractivity contribution in [1.29, 1.82) is 0 Å². The first-order chi connectivity index (χ1) is 10.1. The van der Waals surface area contributed by atoms with Crippen LogP contribution in [-0.2, 0) is 9.47 Å². The van der Waals surface area contributed by atoms with Gasteiger partial charge in [0.2, 0.25) is 0 Å². The van der Waals surface area contributed by atoms with E-state index in [1.807, 2.05) is 0 Å². The van der Waals surface area contributed by atoms with Crippen LogP contribution in [0.15, 0.2) is 30.3 Å². The number of methoxy groups -OCH3 is 1. The standard InChI is InChI=1S/C14H19NO6/c1-20-14-10(12(18)11(17)9(7-16)21-14)15-13(19)8-5-3-2-4-6-8/h2-6,9-12,14,16-18H,7H2,1H3,(H,15,19)/t9-,10+,11+,12-,14+/m0/s1. The van der Waals surface area contributed by atoms with Crippen LogP contribution in [0.3, 0.4) is 0 Å². The number of aliphatic hydroxyl groups excluding tert-OH is 3. The SMILES string of the molecule is CO[C@@H]1O[C@@H](CO)[C@@H](O)[C@@H](O)[C@H]1NC(=O)c1ccccc1. The zero-order valence-corrected chi connectivity index (χ0v) is 11.5. The van der Waals surface area contributed by atoms with Crippen molar-refractivity contribution in [3.63, 3.8) is 0 Å². The fourth-order valence-corrected chi connectivity index (χ4v) is 2.26. The van der Waals surface area contributed by atoms with E-state index in [-0.39, 0.29) is 0 Å². The molecule has 1 saturated heterocycles. The Labute approximate surface area is 122 Å². The molecule has 0 radical (unpaired) electrons. The maximum Gasteiger partial charge on any atom is 0.251 e. The molecule has 0 bridgehead atoms. The molecule has 0 saturated carbocycles. The molecule has 1 aromatic rings. The van der Waals surface area contributed by atoms with Crippen LogP contribution in [0.5, 0.6) is 0 Å². The number of ether oxygens (including phenoxy) is 2. The number of hydrogen-bond acceptors (Lipinski definition) is 6. The topological polar surface area (TPSA) is 108 Å². The van der Waals surface area contributed by atoms with E-state index in [9.17, 15) is 15.0 Å². The van der Waals surface area contributed by atoms with Gasteiger partial charge >= 0.3 is 0 Å². The van der Waals surface area contributed by atoms with Crippen LogP contribution in [0.2, 0.25) is 0 Å². The Morgan fingerprint density at radius 2 is 1.95 bits per heavy atom. The first-order valence-electron chi connectivity index (χ1n) is 6.59. The fourth-order valence-electron chi connectivity index (χ4n) is 2.26. The third-order valence-electron chi connectivity index (χ3n) is 3.45. The molecule has 4 N–H and O–H groups in total. The van der Waals surface area contributed by atoms with Crippen molar-refractivity contribution in [3.8, 4) is 0 Å². The molecule has 7 heteroatoms. The molecule has 1 fully saturated rings. The summed E-state index contributed by atoms with van der Waals surface area (Å²) in [5.41, 5.74) is 0.415. The Hall–Kier alpha value is -1.51. The smallest absolute Gasteiger partial charge is 0.251 e. The zero-order valence-electron chi connectivity index (χ0n) is 11.5. The lowest BCUT2D eigenvalue weighted by Crippen LogP contribution is -2.64. The second-order valence-electron chi connectivity index (χ2n) is 4.81. The molecule has 2 rings (SSSR count). The Morgan fingerprint density at radius 3 is 2.52 bits per heavy atom. The summed E-state index contributed by atoms with van der Waals surface area (Å²) in [6, 6.07) is 7.52. The molecule has 1 heterocycles. The largest absolute Gasteiger partial charge is 0.394 e. The summed E-state index contributed by atoms with van der Waals surface area (Å²) in [6.45, 7) is -0.461. The normalized spacial score (nSPS) is 32.7. The van der Waals surface area contributed by atoms with E-state index in [1.165, 1.54) is 7.11 Å². The van der Waals surface area contributed by atoms with Gasteiger partial charge in [-0.05, 0) is 12.1 Å². The van der Waals surface area contributed by atoms with Gasteiger partial charge in [0.05, 0.1) is 6.61 Å². The van der Waals surface area contributed by atoms with E-state index in [1.54, 1.807) is 30.3 Å². The van der Waals surface area contributed by atoms with Crippen molar-refractivity contribution >= 4 is 5.91 Å². The molecule has 0 unspecified atom stereocenters. The quantitative estimate of drug-likeness (QED) is 0.560. The van der Waals surface area contributed by atoms with Crippen molar-refractivity contribution < 1.29 is 29.6 Å². The van der Waals surface area contributed by atoms with E-state index in [4.69, 9.17) is 14.6 Å². The lowest BCUT2D eigenvalue weighted by molar-refractivity contribution is -0.261. The molecule has 116 valence electrons. The number of rotatable bonds is 4. The Bertz CT molecular complexity index is 466. The Kier molecular flexibility index (Phi) is 5.27.